The maximum atomic E-state index is 11.3. The lowest BCUT2D eigenvalue weighted by molar-refractivity contribution is -0.114. The Bertz CT molecular complexity index is 401. The molecular weight excluding hydrogens is 232 g/mol. The fourth-order valence-corrected chi connectivity index (χ4v) is 1.32. The van der Waals surface area contributed by atoms with Crippen LogP contribution in [0.15, 0.2) is 24.3 Å². The number of anilines is 1. The minimum Gasteiger partial charge on any atom is -0.410 e. The lowest BCUT2D eigenvalue weighted by atomic mass is 10.3. The maximum absolute atomic E-state index is 11.3. The topological polar surface area (TPSA) is 67.4 Å². The fraction of sp³-hybridized carbons (Fsp3) is 0.385. The van der Waals surface area contributed by atoms with Gasteiger partial charge in [0.2, 0.25) is 5.91 Å². The zero-order valence-corrected chi connectivity index (χ0v) is 10.7. The maximum Gasteiger partial charge on any atom is 0.412 e. The number of nitrogens with one attached hydrogen (secondary N) is 2. The lowest BCUT2D eigenvalue weighted by Crippen LogP contribution is -2.27. The molecule has 0 atom stereocenters. The van der Waals surface area contributed by atoms with Crippen LogP contribution in [0.4, 0.5) is 10.5 Å². The van der Waals surface area contributed by atoms with E-state index in [1.807, 2.05) is 6.92 Å². The van der Waals surface area contributed by atoms with Crippen molar-refractivity contribution in [3.63, 3.8) is 0 Å². The van der Waals surface area contributed by atoms with Crippen molar-refractivity contribution in [1.29, 1.82) is 0 Å². The lowest BCUT2D eigenvalue weighted by Gasteiger charge is -2.07. The highest BCUT2D eigenvalue weighted by Gasteiger charge is 2.03. The predicted octanol–water partition coefficient (Wildman–Crippen LogP) is 2.53. The molecule has 0 bridgehead atoms. The molecule has 0 aliphatic rings. The van der Waals surface area contributed by atoms with Gasteiger partial charge in [0.25, 0.3) is 0 Å². The van der Waals surface area contributed by atoms with E-state index in [1.54, 1.807) is 24.3 Å². The normalized spacial score (nSPS) is 9.67. The summed E-state index contributed by atoms with van der Waals surface area (Å²) in [7, 11) is 0. The second-order valence-corrected chi connectivity index (χ2v) is 3.88. The largest absolute Gasteiger partial charge is 0.412 e. The molecule has 0 aliphatic carbocycles. The van der Waals surface area contributed by atoms with Crippen LogP contribution >= 0.6 is 0 Å². The molecule has 0 radical (unpaired) electrons. The number of carbonyl (C=O) groups is 2. The third-order valence-corrected chi connectivity index (χ3v) is 2.18. The fourth-order valence-electron chi connectivity index (χ4n) is 1.32. The molecule has 1 aromatic carbocycles. The van der Waals surface area contributed by atoms with Crippen molar-refractivity contribution in [3.05, 3.63) is 24.3 Å². The van der Waals surface area contributed by atoms with Gasteiger partial charge in [-0.25, -0.2) is 4.79 Å². The van der Waals surface area contributed by atoms with E-state index in [0.717, 1.165) is 12.8 Å². The van der Waals surface area contributed by atoms with Crippen LogP contribution in [0, 0.1) is 0 Å². The average molecular weight is 250 g/mol. The van der Waals surface area contributed by atoms with Gasteiger partial charge in [-0.1, -0.05) is 13.3 Å². The predicted molar refractivity (Wildman–Crippen MR) is 69.7 cm³/mol. The van der Waals surface area contributed by atoms with Gasteiger partial charge in [-0.3, -0.25) is 4.79 Å². The first-order valence-electron chi connectivity index (χ1n) is 5.95. The summed E-state index contributed by atoms with van der Waals surface area (Å²) in [5.41, 5.74) is 0.668. The highest BCUT2D eigenvalue weighted by Crippen LogP contribution is 2.15. The molecule has 0 saturated heterocycles. The Morgan fingerprint density at radius 2 is 1.89 bits per heavy atom. The van der Waals surface area contributed by atoms with Crippen LogP contribution in [-0.2, 0) is 4.79 Å². The molecule has 5 nitrogen and oxygen atoms in total. The molecule has 0 heterocycles. The minimum atomic E-state index is -0.462. The van der Waals surface area contributed by atoms with Crippen molar-refractivity contribution in [2.24, 2.45) is 0 Å². The molecule has 2 N–H and O–H groups in total. The van der Waals surface area contributed by atoms with Gasteiger partial charge in [-0.05, 0) is 30.7 Å². The summed E-state index contributed by atoms with van der Waals surface area (Å²) in [5, 5.41) is 5.28. The van der Waals surface area contributed by atoms with Crippen LogP contribution in [0.2, 0.25) is 0 Å². The highest BCUT2D eigenvalue weighted by molar-refractivity contribution is 5.88. The van der Waals surface area contributed by atoms with Crippen LogP contribution < -0.4 is 15.4 Å². The molecule has 5 heteroatoms. The molecule has 0 saturated carbocycles. The van der Waals surface area contributed by atoms with Crippen LogP contribution in [-0.4, -0.2) is 18.5 Å². The Labute approximate surface area is 107 Å². The molecule has 2 amide bonds. The van der Waals surface area contributed by atoms with E-state index in [-0.39, 0.29) is 5.91 Å². The van der Waals surface area contributed by atoms with E-state index < -0.39 is 6.09 Å². The van der Waals surface area contributed by atoms with E-state index in [4.69, 9.17) is 4.74 Å². The van der Waals surface area contributed by atoms with E-state index in [1.165, 1.54) is 6.92 Å². The van der Waals surface area contributed by atoms with Gasteiger partial charge < -0.3 is 15.4 Å². The van der Waals surface area contributed by atoms with Crippen molar-refractivity contribution in [1.82, 2.24) is 5.32 Å². The van der Waals surface area contributed by atoms with Crippen LogP contribution in [0.25, 0.3) is 0 Å². The monoisotopic (exact) mass is 250 g/mol. The summed E-state index contributed by atoms with van der Waals surface area (Å²) in [4.78, 5) is 22.2. The summed E-state index contributed by atoms with van der Waals surface area (Å²) in [5.74, 6) is 0.305. The Hall–Kier alpha value is -2.04. The first-order chi connectivity index (χ1) is 8.61. The smallest absolute Gasteiger partial charge is 0.410 e. The van der Waals surface area contributed by atoms with Crippen LogP contribution in [0.1, 0.15) is 26.7 Å². The molecule has 0 spiro atoms. The Balaban J connectivity index is 2.43. The zero-order valence-electron chi connectivity index (χ0n) is 10.7. The summed E-state index contributed by atoms with van der Waals surface area (Å²) in [6, 6.07) is 6.61. The van der Waals surface area contributed by atoms with E-state index >= 15 is 0 Å². The van der Waals surface area contributed by atoms with Crippen molar-refractivity contribution < 1.29 is 14.3 Å². The summed E-state index contributed by atoms with van der Waals surface area (Å²) < 4.78 is 5.06. The summed E-state index contributed by atoms with van der Waals surface area (Å²) in [6.45, 7) is 4.10. The minimum absolute atomic E-state index is 0.138. The highest BCUT2D eigenvalue weighted by atomic mass is 16.6. The SMILES string of the molecule is CCCCNC(=O)Oc1ccc(NC(C)=O)cc1. The van der Waals surface area contributed by atoms with E-state index in [0.29, 0.717) is 18.0 Å². The first kappa shape index (κ1) is 14.0. The van der Waals surface area contributed by atoms with Gasteiger partial charge in [0.1, 0.15) is 5.75 Å². The number of amides is 2. The third kappa shape index (κ3) is 5.34. The Kier molecular flexibility index (Phi) is 5.70. The molecule has 0 unspecified atom stereocenters. The molecule has 18 heavy (non-hydrogen) atoms. The molecule has 0 aromatic heterocycles. The molecule has 1 aromatic rings. The van der Waals surface area contributed by atoms with Crippen molar-refractivity contribution in [3.8, 4) is 5.75 Å². The van der Waals surface area contributed by atoms with Crippen molar-refractivity contribution >= 4 is 17.7 Å². The molecular formula is C13H18N2O3. The number of ether oxygens (including phenoxy) is 1. The Morgan fingerprint density at radius 3 is 2.44 bits per heavy atom. The van der Waals surface area contributed by atoms with Gasteiger partial charge in [0.05, 0.1) is 0 Å². The number of benzene rings is 1. The van der Waals surface area contributed by atoms with Crippen LogP contribution in [0.5, 0.6) is 5.75 Å². The number of rotatable bonds is 5. The quantitative estimate of drug-likeness (QED) is 0.789. The van der Waals surface area contributed by atoms with Gasteiger partial charge in [0, 0.05) is 19.2 Å². The zero-order chi connectivity index (χ0) is 13.4. The standard InChI is InChI=1S/C13H18N2O3/c1-3-4-9-14-13(17)18-12-7-5-11(6-8-12)15-10(2)16/h5-8H,3-4,9H2,1-2H3,(H,14,17)(H,15,16). The molecule has 0 fully saturated rings. The van der Waals surface area contributed by atoms with Gasteiger partial charge >= 0.3 is 6.09 Å². The third-order valence-electron chi connectivity index (χ3n) is 2.18. The van der Waals surface area contributed by atoms with Crippen molar-refractivity contribution in [2.45, 2.75) is 26.7 Å². The summed E-state index contributed by atoms with van der Waals surface area (Å²) in [6.07, 6.45) is 1.48. The van der Waals surface area contributed by atoms with Crippen LogP contribution in [0.3, 0.4) is 0 Å². The molecule has 0 aliphatic heterocycles. The molecule has 98 valence electrons. The van der Waals surface area contributed by atoms with E-state index in [9.17, 15) is 9.59 Å². The summed E-state index contributed by atoms with van der Waals surface area (Å²) >= 11 is 0. The van der Waals surface area contributed by atoms with Gasteiger partial charge in [-0.2, -0.15) is 0 Å². The molecule has 1 rings (SSSR count). The first-order valence-corrected chi connectivity index (χ1v) is 5.95. The van der Waals surface area contributed by atoms with E-state index in [2.05, 4.69) is 10.6 Å². The van der Waals surface area contributed by atoms with Gasteiger partial charge in [-0.15, -0.1) is 0 Å². The second kappa shape index (κ2) is 7.32. The average Bonchev–Trinajstić information content (AvgIpc) is 2.31. The number of carbonyl (C=O) groups excluding carboxylic acids is 2. The Morgan fingerprint density at radius 1 is 1.22 bits per heavy atom. The number of hydrogen-bond acceptors (Lipinski definition) is 3. The van der Waals surface area contributed by atoms with Crippen molar-refractivity contribution in [2.75, 3.05) is 11.9 Å². The number of hydrogen-bond donors (Lipinski definition) is 2. The van der Waals surface area contributed by atoms with Gasteiger partial charge in [0.15, 0.2) is 0 Å². The number of unbranched alkanes of at least 4 members (excludes halogenated alkanes) is 1. The second-order valence-electron chi connectivity index (χ2n) is 3.88.